The van der Waals surface area contributed by atoms with E-state index in [2.05, 4.69) is 16.0 Å². The van der Waals surface area contributed by atoms with Gasteiger partial charge < -0.3 is 45.1 Å². The summed E-state index contributed by atoms with van der Waals surface area (Å²) >= 11 is 0. The first-order valence-electron chi connectivity index (χ1n) is 15.4. The van der Waals surface area contributed by atoms with Gasteiger partial charge in [-0.2, -0.15) is 0 Å². The molecule has 238 valence electrons. The number of likely N-dealkylation sites (N-methyl/N-ethyl adjacent to an activating group) is 1. The summed E-state index contributed by atoms with van der Waals surface area (Å²) in [6, 6.07) is 9.49. The highest BCUT2D eigenvalue weighted by atomic mass is 16.7. The molecule has 0 bridgehead atoms. The standard InChI is InChI=1S/C32H43N5O7/c1-20-16-37(21(2)18-38)30(39)14-22-13-24(33-31(40)34-25-10-12-27-28(15-25)43-19-42-27)9-11-26(22)44-29(20)17-36(3)32(41)35-23-7-5-4-6-8-23/h9-13,15,20-21,23,29,38H,4-8,14,16-19H2,1-3H3,(H,35,41)(H2,33,34,40)/t20-,21+,29+/m0/s1. The lowest BCUT2D eigenvalue weighted by atomic mass is 9.96. The molecule has 1 saturated carbocycles. The number of benzene rings is 2. The molecule has 0 unspecified atom stereocenters. The number of nitrogens with zero attached hydrogens (tertiary/aromatic N) is 2. The molecule has 0 radical (unpaired) electrons. The molecule has 2 heterocycles. The minimum absolute atomic E-state index is 0.0242. The third-order valence-corrected chi connectivity index (χ3v) is 8.54. The largest absolute Gasteiger partial charge is 0.488 e. The second kappa shape index (κ2) is 14.1. The van der Waals surface area contributed by atoms with Gasteiger partial charge in [0.2, 0.25) is 12.7 Å². The maximum absolute atomic E-state index is 13.5. The number of fused-ring (bicyclic) bond motifs is 2. The fourth-order valence-electron chi connectivity index (χ4n) is 5.88. The van der Waals surface area contributed by atoms with Gasteiger partial charge in [0.25, 0.3) is 0 Å². The van der Waals surface area contributed by atoms with Gasteiger partial charge in [-0.15, -0.1) is 0 Å². The number of anilines is 2. The molecular formula is C32H43N5O7. The van der Waals surface area contributed by atoms with Crippen molar-refractivity contribution < 1.29 is 33.7 Å². The average molecular weight is 610 g/mol. The predicted molar refractivity (Wildman–Crippen MR) is 165 cm³/mol. The highest BCUT2D eigenvalue weighted by Gasteiger charge is 2.32. The van der Waals surface area contributed by atoms with Crippen LogP contribution in [-0.4, -0.2) is 84.6 Å². The number of hydrogen-bond donors (Lipinski definition) is 4. The van der Waals surface area contributed by atoms with E-state index in [-0.39, 0.29) is 43.7 Å². The number of aliphatic hydroxyl groups excluding tert-OH is 1. The first-order valence-corrected chi connectivity index (χ1v) is 15.4. The summed E-state index contributed by atoms with van der Waals surface area (Å²) in [5.74, 6) is 1.38. The number of carbonyl (C=O) groups excluding carboxylic acids is 3. The molecule has 12 heteroatoms. The average Bonchev–Trinajstić information content (AvgIpc) is 3.49. The van der Waals surface area contributed by atoms with Crippen molar-refractivity contribution in [2.24, 2.45) is 5.92 Å². The molecule has 1 fully saturated rings. The van der Waals surface area contributed by atoms with Crippen LogP contribution in [0, 0.1) is 5.92 Å². The molecule has 44 heavy (non-hydrogen) atoms. The molecule has 3 aliphatic rings. The molecule has 1 aliphatic carbocycles. The number of rotatable bonds is 7. The van der Waals surface area contributed by atoms with E-state index in [1.54, 1.807) is 53.2 Å². The van der Waals surface area contributed by atoms with Crippen LogP contribution in [0.15, 0.2) is 36.4 Å². The van der Waals surface area contributed by atoms with Crippen molar-refractivity contribution >= 4 is 29.3 Å². The second-order valence-corrected chi connectivity index (χ2v) is 12.0. The number of hydrogen-bond acceptors (Lipinski definition) is 7. The van der Waals surface area contributed by atoms with Gasteiger partial charge in [0.1, 0.15) is 11.9 Å². The fraction of sp³-hybridized carbons (Fsp3) is 0.531. The molecule has 5 amide bonds. The van der Waals surface area contributed by atoms with E-state index in [4.69, 9.17) is 14.2 Å². The summed E-state index contributed by atoms with van der Waals surface area (Å²) in [7, 11) is 1.76. The molecule has 2 aromatic rings. The molecule has 2 aliphatic heterocycles. The van der Waals surface area contributed by atoms with E-state index in [9.17, 15) is 19.5 Å². The van der Waals surface area contributed by atoms with Crippen molar-refractivity contribution in [3.63, 3.8) is 0 Å². The summed E-state index contributed by atoms with van der Waals surface area (Å²) in [5.41, 5.74) is 1.61. The van der Waals surface area contributed by atoms with Gasteiger partial charge in [-0.05, 0) is 50.1 Å². The van der Waals surface area contributed by atoms with E-state index in [1.807, 2.05) is 13.8 Å². The van der Waals surface area contributed by atoms with E-state index >= 15 is 0 Å². The summed E-state index contributed by atoms with van der Waals surface area (Å²) < 4.78 is 17.2. The lowest BCUT2D eigenvalue weighted by Gasteiger charge is -2.34. The molecule has 0 spiro atoms. The smallest absolute Gasteiger partial charge is 0.323 e. The molecular weight excluding hydrogens is 566 g/mol. The van der Waals surface area contributed by atoms with Crippen LogP contribution in [0.3, 0.4) is 0 Å². The number of amides is 5. The Balaban J connectivity index is 1.32. The lowest BCUT2D eigenvalue weighted by Crippen LogP contribution is -2.50. The predicted octanol–water partition coefficient (Wildman–Crippen LogP) is 4.18. The van der Waals surface area contributed by atoms with Crippen molar-refractivity contribution in [3.8, 4) is 17.2 Å². The number of ether oxygens (including phenoxy) is 3. The number of carbonyl (C=O) groups is 3. The van der Waals surface area contributed by atoms with Gasteiger partial charge in [-0.25, -0.2) is 9.59 Å². The van der Waals surface area contributed by atoms with Crippen LogP contribution in [0.4, 0.5) is 21.0 Å². The maximum atomic E-state index is 13.5. The molecule has 12 nitrogen and oxygen atoms in total. The van der Waals surface area contributed by atoms with Crippen molar-refractivity contribution in [1.29, 1.82) is 0 Å². The Morgan fingerprint density at radius 2 is 1.70 bits per heavy atom. The quantitative estimate of drug-likeness (QED) is 0.369. The van der Waals surface area contributed by atoms with Gasteiger partial charge in [-0.3, -0.25) is 4.79 Å². The summed E-state index contributed by atoms with van der Waals surface area (Å²) in [6.45, 7) is 4.43. The molecule has 4 N–H and O–H groups in total. The minimum atomic E-state index is -0.466. The van der Waals surface area contributed by atoms with E-state index in [0.29, 0.717) is 47.3 Å². The molecule has 5 rings (SSSR count). The van der Waals surface area contributed by atoms with Gasteiger partial charge in [0, 0.05) is 48.6 Å². The topological polar surface area (TPSA) is 142 Å². The van der Waals surface area contributed by atoms with Crippen molar-refractivity contribution in [3.05, 3.63) is 42.0 Å². The second-order valence-electron chi connectivity index (χ2n) is 12.0. The third kappa shape index (κ3) is 7.65. The van der Waals surface area contributed by atoms with E-state index in [0.717, 1.165) is 25.7 Å². The first-order chi connectivity index (χ1) is 21.2. The lowest BCUT2D eigenvalue weighted by molar-refractivity contribution is -0.134. The molecule has 0 saturated heterocycles. The zero-order chi connectivity index (χ0) is 31.2. The summed E-state index contributed by atoms with van der Waals surface area (Å²) in [6.07, 6.45) is 5.03. The number of nitrogens with one attached hydrogen (secondary N) is 3. The zero-order valence-electron chi connectivity index (χ0n) is 25.6. The Morgan fingerprint density at radius 3 is 2.43 bits per heavy atom. The SMILES string of the molecule is C[C@H](CO)N1C[C@H](C)[C@@H](CN(C)C(=O)NC2CCCCC2)Oc2ccc(NC(=O)Nc3ccc4c(c3)OCO4)cc2CC1=O. The Hall–Kier alpha value is -4.19. The van der Waals surface area contributed by atoms with Crippen LogP contribution in [0.1, 0.15) is 51.5 Å². The Kier molecular flexibility index (Phi) is 9.99. The highest BCUT2D eigenvalue weighted by Crippen LogP contribution is 2.34. The van der Waals surface area contributed by atoms with Crippen molar-refractivity contribution in [1.82, 2.24) is 15.1 Å². The van der Waals surface area contributed by atoms with Crippen LogP contribution < -0.4 is 30.2 Å². The Labute approximate surface area is 258 Å². The van der Waals surface area contributed by atoms with Gasteiger partial charge in [0.05, 0.1) is 25.6 Å². The molecule has 3 atom stereocenters. The van der Waals surface area contributed by atoms with E-state index < -0.39 is 18.2 Å². The van der Waals surface area contributed by atoms with Crippen LogP contribution in [0.5, 0.6) is 17.2 Å². The number of aliphatic hydroxyl groups is 1. The molecule has 0 aromatic heterocycles. The van der Waals surface area contributed by atoms with Crippen LogP contribution in [0.25, 0.3) is 0 Å². The van der Waals surface area contributed by atoms with Crippen LogP contribution in [0.2, 0.25) is 0 Å². The highest BCUT2D eigenvalue weighted by molar-refractivity contribution is 6.00. The fourth-order valence-corrected chi connectivity index (χ4v) is 5.88. The van der Waals surface area contributed by atoms with Crippen molar-refractivity contribution in [2.45, 2.75) is 70.6 Å². The van der Waals surface area contributed by atoms with Gasteiger partial charge in [-0.1, -0.05) is 26.2 Å². The minimum Gasteiger partial charge on any atom is -0.488 e. The monoisotopic (exact) mass is 609 g/mol. The molecule has 2 aromatic carbocycles. The Bertz CT molecular complexity index is 1350. The van der Waals surface area contributed by atoms with Gasteiger partial charge >= 0.3 is 12.1 Å². The van der Waals surface area contributed by atoms with E-state index in [1.165, 1.54) is 6.42 Å². The maximum Gasteiger partial charge on any atom is 0.323 e. The normalized spacial score (nSPS) is 20.7. The zero-order valence-corrected chi connectivity index (χ0v) is 25.6. The van der Waals surface area contributed by atoms with Crippen LogP contribution in [-0.2, 0) is 11.2 Å². The third-order valence-electron chi connectivity index (χ3n) is 8.54. The number of urea groups is 2. The summed E-state index contributed by atoms with van der Waals surface area (Å²) in [5, 5.41) is 18.7. The Morgan fingerprint density at radius 1 is 1.02 bits per heavy atom. The summed E-state index contributed by atoms with van der Waals surface area (Å²) in [4.78, 5) is 42.7. The van der Waals surface area contributed by atoms with Crippen molar-refractivity contribution in [2.75, 3.05) is 44.2 Å². The van der Waals surface area contributed by atoms with Crippen LogP contribution >= 0.6 is 0 Å². The van der Waals surface area contributed by atoms with Gasteiger partial charge in [0.15, 0.2) is 11.5 Å². The first kappa shape index (κ1) is 31.2.